The van der Waals surface area contributed by atoms with Crippen LogP contribution in [0.15, 0.2) is 29.2 Å². The number of hydrogen-bond acceptors (Lipinski definition) is 4. The summed E-state index contributed by atoms with van der Waals surface area (Å²) in [5.41, 5.74) is 6.12. The number of hydrogen-bond donors (Lipinski definition) is 2. The van der Waals surface area contributed by atoms with Gasteiger partial charge in [0, 0.05) is 23.8 Å². The predicted molar refractivity (Wildman–Crippen MR) is 73.8 cm³/mol. The minimum atomic E-state index is -0.798. The zero-order valence-corrected chi connectivity index (χ0v) is 11.3. The molecule has 98 valence electrons. The molecule has 0 aromatic heterocycles. The van der Waals surface area contributed by atoms with Crippen molar-refractivity contribution < 1.29 is 9.53 Å². The van der Waals surface area contributed by atoms with Crippen molar-refractivity contribution in [1.82, 2.24) is 0 Å². The van der Waals surface area contributed by atoms with E-state index in [0.717, 1.165) is 10.6 Å². The molecule has 1 amide bonds. The molecule has 1 saturated heterocycles. The molecule has 1 fully saturated rings. The summed E-state index contributed by atoms with van der Waals surface area (Å²) in [7, 11) is 0. The van der Waals surface area contributed by atoms with E-state index in [1.807, 2.05) is 30.5 Å². The lowest BCUT2D eigenvalue weighted by Gasteiger charge is -2.31. The highest BCUT2D eigenvalue weighted by atomic mass is 32.2. The highest BCUT2D eigenvalue weighted by molar-refractivity contribution is 7.98. The van der Waals surface area contributed by atoms with Crippen molar-refractivity contribution in [1.29, 1.82) is 0 Å². The summed E-state index contributed by atoms with van der Waals surface area (Å²) in [4.78, 5) is 13.3. The van der Waals surface area contributed by atoms with Gasteiger partial charge in [0.25, 0.3) is 0 Å². The van der Waals surface area contributed by atoms with Gasteiger partial charge in [-0.15, -0.1) is 11.8 Å². The zero-order valence-electron chi connectivity index (χ0n) is 10.4. The quantitative estimate of drug-likeness (QED) is 0.820. The summed E-state index contributed by atoms with van der Waals surface area (Å²) in [6.45, 7) is 1.10. The minimum Gasteiger partial charge on any atom is -0.381 e. The monoisotopic (exact) mass is 266 g/mol. The number of anilines is 1. The van der Waals surface area contributed by atoms with Crippen molar-refractivity contribution in [2.24, 2.45) is 5.73 Å². The van der Waals surface area contributed by atoms with Gasteiger partial charge in [0.2, 0.25) is 5.91 Å². The van der Waals surface area contributed by atoms with Crippen molar-refractivity contribution in [3.05, 3.63) is 24.3 Å². The molecule has 2 rings (SSSR count). The fourth-order valence-electron chi connectivity index (χ4n) is 1.92. The smallest absolute Gasteiger partial charge is 0.244 e. The first-order valence-electron chi connectivity index (χ1n) is 5.96. The molecule has 0 spiro atoms. The van der Waals surface area contributed by atoms with Gasteiger partial charge in [-0.25, -0.2) is 0 Å². The van der Waals surface area contributed by atoms with Gasteiger partial charge < -0.3 is 15.8 Å². The number of amides is 1. The molecule has 0 saturated carbocycles. The minimum absolute atomic E-state index is 0.121. The van der Waals surface area contributed by atoms with Gasteiger partial charge in [0.05, 0.1) is 0 Å². The average molecular weight is 266 g/mol. The lowest BCUT2D eigenvalue weighted by atomic mass is 9.90. The van der Waals surface area contributed by atoms with Crippen LogP contribution in [-0.4, -0.2) is 30.9 Å². The average Bonchev–Trinajstić information content (AvgIpc) is 2.40. The van der Waals surface area contributed by atoms with Gasteiger partial charge >= 0.3 is 0 Å². The second kappa shape index (κ2) is 5.73. The van der Waals surface area contributed by atoms with Crippen LogP contribution < -0.4 is 11.1 Å². The molecule has 18 heavy (non-hydrogen) atoms. The number of rotatable bonds is 3. The molecule has 0 radical (unpaired) electrons. The number of benzene rings is 1. The van der Waals surface area contributed by atoms with E-state index in [0.29, 0.717) is 26.1 Å². The van der Waals surface area contributed by atoms with Gasteiger partial charge in [-0.2, -0.15) is 0 Å². The molecular formula is C13H18N2O2S. The summed E-state index contributed by atoms with van der Waals surface area (Å²) in [6, 6.07) is 7.76. The SMILES string of the molecule is CSc1cccc(NC(=O)C2(N)CCOCC2)c1. The molecule has 1 heterocycles. The summed E-state index contributed by atoms with van der Waals surface area (Å²) in [5.74, 6) is -0.121. The molecule has 1 aliphatic heterocycles. The van der Waals surface area contributed by atoms with Crippen LogP contribution in [-0.2, 0) is 9.53 Å². The number of carbonyl (C=O) groups excluding carboxylic acids is 1. The van der Waals surface area contributed by atoms with E-state index < -0.39 is 5.54 Å². The van der Waals surface area contributed by atoms with E-state index in [4.69, 9.17) is 10.5 Å². The van der Waals surface area contributed by atoms with Crippen LogP contribution in [0.1, 0.15) is 12.8 Å². The Morgan fingerprint density at radius 1 is 1.44 bits per heavy atom. The van der Waals surface area contributed by atoms with Crippen molar-refractivity contribution in [2.45, 2.75) is 23.3 Å². The molecule has 0 aliphatic carbocycles. The maximum atomic E-state index is 12.2. The first-order valence-corrected chi connectivity index (χ1v) is 7.19. The number of nitrogens with one attached hydrogen (secondary N) is 1. The van der Waals surface area contributed by atoms with Crippen LogP contribution in [0.4, 0.5) is 5.69 Å². The number of carbonyl (C=O) groups is 1. The van der Waals surface area contributed by atoms with Crippen LogP contribution in [0.25, 0.3) is 0 Å². The Kier molecular flexibility index (Phi) is 4.27. The molecule has 0 bridgehead atoms. The topological polar surface area (TPSA) is 64.4 Å². The van der Waals surface area contributed by atoms with Gasteiger partial charge in [-0.3, -0.25) is 4.79 Å². The van der Waals surface area contributed by atoms with Crippen LogP contribution in [0, 0.1) is 0 Å². The molecule has 3 N–H and O–H groups in total. The summed E-state index contributed by atoms with van der Waals surface area (Å²) < 4.78 is 5.24. The fraction of sp³-hybridized carbons (Fsp3) is 0.462. The van der Waals surface area contributed by atoms with Crippen LogP contribution in [0.2, 0.25) is 0 Å². The molecule has 0 atom stereocenters. The fourth-order valence-corrected chi connectivity index (χ4v) is 2.38. The molecule has 1 aromatic carbocycles. The first kappa shape index (κ1) is 13.4. The Bertz CT molecular complexity index is 431. The third-order valence-corrected chi connectivity index (χ3v) is 3.89. The Morgan fingerprint density at radius 2 is 2.17 bits per heavy atom. The first-order chi connectivity index (χ1) is 8.64. The standard InChI is InChI=1S/C13H18N2O2S/c1-18-11-4-2-3-10(9-11)15-12(16)13(14)5-7-17-8-6-13/h2-4,9H,5-8,14H2,1H3,(H,15,16). The number of thioether (sulfide) groups is 1. The van der Waals surface area contributed by atoms with Crippen molar-refractivity contribution in [2.75, 3.05) is 24.8 Å². The van der Waals surface area contributed by atoms with Crippen molar-refractivity contribution in [3.63, 3.8) is 0 Å². The van der Waals surface area contributed by atoms with E-state index in [9.17, 15) is 4.79 Å². The summed E-state index contributed by atoms with van der Waals surface area (Å²) >= 11 is 1.64. The number of nitrogens with two attached hydrogens (primary N) is 1. The van der Waals surface area contributed by atoms with Crippen LogP contribution in [0.3, 0.4) is 0 Å². The molecule has 1 aromatic rings. The maximum Gasteiger partial charge on any atom is 0.244 e. The Labute approximate surface area is 111 Å². The highest BCUT2D eigenvalue weighted by Crippen LogP contribution is 2.22. The van der Waals surface area contributed by atoms with E-state index in [-0.39, 0.29) is 5.91 Å². The molecular weight excluding hydrogens is 248 g/mol. The van der Waals surface area contributed by atoms with Crippen molar-refractivity contribution >= 4 is 23.4 Å². The van der Waals surface area contributed by atoms with E-state index in [1.165, 1.54) is 0 Å². The Hall–Kier alpha value is -1.04. The maximum absolute atomic E-state index is 12.2. The van der Waals surface area contributed by atoms with Crippen LogP contribution >= 0.6 is 11.8 Å². The molecule has 0 unspecified atom stereocenters. The molecule has 1 aliphatic rings. The molecule has 5 heteroatoms. The van der Waals surface area contributed by atoms with Gasteiger partial charge in [0.1, 0.15) is 5.54 Å². The lowest BCUT2D eigenvalue weighted by Crippen LogP contribution is -2.54. The molecule has 4 nitrogen and oxygen atoms in total. The van der Waals surface area contributed by atoms with Gasteiger partial charge in [-0.1, -0.05) is 6.07 Å². The number of ether oxygens (including phenoxy) is 1. The largest absolute Gasteiger partial charge is 0.381 e. The second-order valence-corrected chi connectivity index (χ2v) is 5.33. The summed E-state index contributed by atoms with van der Waals surface area (Å²) in [5, 5.41) is 2.89. The van der Waals surface area contributed by atoms with E-state index in [1.54, 1.807) is 11.8 Å². The van der Waals surface area contributed by atoms with Gasteiger partial charge in [-0.05, 0) is 37.3 Å². The summed E-state index contributed by atoms with van der Waals surface area (Å²) in [6.07, 6.45) is 3.14. The van der Waals surface area contributed by atoms with Crippen molar-refractivity contribution in [3.8, 4) is 0 Å². The van der Waals surface area contributed by atoms with E-state index >= 15 is 0 Å². The third-order valence-electron chi connectivity index (χ3n) is 3.16. The Morgan fingerprint density at radius 3 is 2.83 bits per heavy atom. The zero-order chi connectivity index (χ0) is 13.0. The van der Waals surface area contributed by atoms with Crippen LogP contribution in [0.5, 0.6) is 0 Å². The second-order valence-electron chi connectivity index (χ2n) is 4.45. The van der Waals surface area contributed by atoms with E-state index in [2.05, 4.69) is 5.32 Å². The highest BCUT2D eigenvalue weighted by Gasteiger charge is 2.35. The third kappa shape index (κ3) is 3.04. The lowest BCUT2D eigenvalue weighted by molar-refractivity contribution is -0.124. The normalized spacial score (nSPS) is 18.3. The Balaban J connectivity index is 2.05. The predicted octanol–water partition coefficient (Wildman–Crippen LogP) is 1.85. The van der Waals surface area contributed by atoms with Gasteiger partial charge in [0.15, 0.2) is 0 Å².